The molecule has 0 aromatic heterocycles. The summed E-state index contributed by atoms with van der Waals surface area (Å²) in [6.45, 7) is 4.25. The molecule has 0 aliphatic heterocycles. The Bertz CT molecular complexity index is 884. The Morgan fingerprint density at radius 2 is 0.929 bits per heavy atom. The molecule has 0 atom stereocenters. The van der Waals surface area contributed by atoms with Crippen LogP contribution in [0.2, 0.25) is 0 Å². The average molecular weight is 371 g/mol. The van der Waals surface area contributed by atoms with Crippen LogP contribution in [0.1, 0.15) is 57.2 Å². The minimum Gasteiger partial charge on any atom is -0.378 e. The van der Waals surface area contributed by atoms with Crippen molar-refractivity contribution in [2.24, 2.45) is 0 Å². The molecule has 3 aromatic carbocycles. The van der Waals surface area contributed by atoms with E-state index < -0.39 is 0 Å². The SMILES string of the molecule is CC(C)c1ccc(C(=O)c2ccc(C(=O)c3ccc(N(C)C)cc3)cc2)cc1. The summed E-state index contributed by atoms with van der Waals surface area (Å²) < 4.78 is 0. The topological polar surface area (TPSA) is 37.4 Å². The molecular formula is C25H25NO2. The number of anilines is 1. The van der Waals surface area contributed by atoms with Gasteiger partial charge in [0.25, 0.3) is 0 Å². The largest absolute Gasteiger partial charge is 0.378 e. The summed E-state index contributed by atoms with van der Waals surface area (Å²) in [5, 5.41) is 0. The van der Waals surface area contributed by atoms with Crippen molar-refractivity contribution in [3.05, 3.63) is 101 Å². The molecule has 28 heavy (non-hydrogen) atoms. The molecule has 3 aromatic rings. The molecule has 0 fully saturated rings. The molecule has 3 rings (SSSR count). The van der Waals surface area contributed by atoms with Crippen LogP contribution in [0.3, 0.4) is 0 Å². The number of carbonyl (C=O) groups excluding carboxylic acids is 2. The number of rotatable bonds is 6. The van der Waals surface area contributed by atoms with E-state index in [9.17, 15) is 9.59 Å². The molecule has 0 N–H and O–H groups in total. The van der Waals surface area contributed by atoms with Gasteiger partial charge in [-0.2, -0.15) is 0 Å². The highest BCUT2D eigenvalue weighted by molar-refractivity contribution is 6.11. The Labute approximate surface area is 166 Å². The molecule has 142 valence electrons. The van der Waals surface area contributed by atoms with Crippen LogP contribution < -0.4 is 4.90 Å². The molecule has 3 nitrogen and oxygen atoms in total. The van der Waals surface area contributed by atoms with Crippen LogP contribution in [0.5, 0.6) is 0 Å². The lowest BCUT2D eigenvalue weighted by Crippen LogP contribution is -2.09. The first-order valence-corrected chi connectivity index (χ1v) is 9.43. The summed E-state index contributed by atoms with van der Waals surface area (Å²) in [5.74, 6) is 0.344. The average Bonchev–Trinajstić information content (AvgIpc) is 2.73. The minimum absolute atomic E-state index is 0.0374. The van der Waals surface area contributed by atoms with Gasteiger partial charge in [0.2, 0.25) is 0 Å². The highest BCUT2D eigenvalue weighted by Crippen LogP contribution is 2.19. The van der Waals surface area contributed by atoms with E-state index in [1.54, 1.807) is 24.3 Å². The molecule has 0 radical (unpaired) electrons. The number of ketones is 2. The zero-order chi connectivity index (χ0) is 20.3. The number of benzene rings is 3. The van der Waals surface area contributed by atoms with Crippen LogP contribution in [0.4, 0.5) is 5.69 Å². The Hall–Kier alpha value is -3.20. The maximum absolute atomic E-state index is 12.7. The lowest BCUT2D eigenvalue weighted by Gasteiger charge is -2.12. The molecule has 0 spiro atoms. The molecule has 0 aliphatic carbocycles. The second-order valence-corrected chi connectivity index (χ2v) is 7.45. The first-order chi connectivity index (χ1) is 13.4. The van der Waals surface area contributed by atoms with E-state index in [0.717, 1.165) is 5.69 Å². The Kier molecular flexibility index (Phi) is 5.74. The number of hydrogen-bond donors (Lipinski definition) is 0. The van der Waals surface area contributed by atoms with Crippen molar-refractivity contribution in [2.45, 2.75) is 19.8 Å². The van der Waals surface area contributed by atoms with E-state index in [1.165, 1.54) is 5.56 Å². The van der Waals surface area contributed by atoms with Gasteiger partial charge in [-0.25, -0.2) is 0 Å². The van der Waals surface area contributed by atoms with Gasteiger partial charge < -0.3 is 4.90 Å². The van der Waals surface area contributed by atoms with Crippen molar-refractivity contribution >= 4 is 17.3 Å². The zero-order valence-corrected chi connectivity index (χ0v) is 16.8. The van der Waals surface area contributed by atoms with Crippen molar-refractivity contribution in [3.63, 3.8) is 0 Å². The Morgan fingerprint density at radius 1 is 0.607 bits per heavy atom. The first kappa shape index (κ1) is 19.6. The van der Waals surface area contributed by atoms with E-state index >= 15 is 0 Å². The summed E-state index contributed by atoms with van der Waals surface area (Å²) in [6, 6.07) is 22.1. The zero-order valence-electron chi connectivity index (χ0n) is 16.8. The molecule has 0 saturated heterocycles. The van der Waals surface area contributed by atoms with Crippen molar-refractivity contribution in [3.8, 4) is 0 Å². The van der Waals surface area contributed by atoms with Gasteiger partial charge in [0.1, 0.15) is 0 Å². The standard InChI is InChI=1S/C25H25NO2/c1-17(2)18-5-7-19(8-6-18)24(27)20-9-11-21(12-10-20)25(28)22-13-15-23(16-14-22)26(3)4/h5-17H,1-4H3. The first-order valence-electron chi connectivity index (χ1n) is 9.43. The fourth-order valence-corrected chi connectivity index (χ4v) is 3.04. The lowest BCUT2D eigenvalue weighted by molar-refractivity contribution is 0.102. The van der Waals surface area contributed by atoms with Crippen LogP contribution in [0, 0.1) is 0 Å². The molecule has 3 heteroatoms. The fraction of sp³-hybridized carbons (Fsp3) is 0.200. The third-order valence-corrected chi connectivity index (χ3v) is 4.89. The highest BCUT2D eigenvalue weighted by Gasteiger charge is 2.13. The Balaban J connectivity index is 1.76. The summed E-state index contributed by atoms with van der Waals surface area (Å²) in [7, 11) is 3.92. The van der Waals surface area contributed by atoms with Gasteiger partial charge in [-0.3, -0.25) is 9.59 Å². The van der Waals surface area contributed by atoms with Crippen LogP contribution in [0.25, 0.3) is 0 Å². The van der Waals surface area contributed by atoms with Crippen LogP contribution in [-0.4, -0.2) is 25.7 Å². The van der Waals surface area contributed by atoms with E-state index in [1.807, 2.05) is 67.5 Å². The molecule has 0 heterocycles. The van der Waals surface area contributed by atoms with Crippen molar-refractivity contribution in [2.75, 3.05) is 19.0 Å². The van der Waals surface area contributed by atoms with Gasteiger partial charge in [0.05, 0.1) is 0 Å². The second kappa shape index (κ2) is 8.22. The predicted octanol–water partition coefficient (Wildman–Crippen LogP) is 5.34. The van der Waals surface area contributed by atoms with Gasteiger partial charge in [0.15, 0.2) is 11.6 Å². The summed E-state index contributed by atoms with van der Waals surface area (Å²) >= 11 is 0. The minimum atomic E-state index is -0.0504. The smallest absolute Gasteiger partial charge is 0.193 e. The number of carbonyl (C=O) groups is 2. The molecular weight excluding hydrogens is 346 g/mol. The van der Waals surface area contributed by atoms with Gasteiger partial charge in [0, 0.05) is 42.0 Å². The van der Waals surface area contributed by atoms with E-state index in [2.05, 4.69) is 13.8 Å². The normalized spacial score (nSPS) is 10.8. The summed E-state index contributed by atoms with van der Waals surface area (Å²) in [6.07, 6.45) is 0. The van der Waals surface area contributed by atoms with Crippen LogP contribution in [-0.2, 0) is 0 Å². The van der Waals surface area contributed by atoms with Gasteiger partial charge in [-0.05, 0) is 35.7 Å². The number of nitrogens with zero attached hydrogens (tertiary/aromatic N) is 1. The third-order valence-electron chi connectivity index (χ3n) is 4.89. The fourth-order valence-electron chi connectivity index (χ4n) is 3.04. The van der Waals surface area contributed by atoms with Gasteiger partial charge in [-0.15, -0.1) is 0 Å². The van der Waals surface area contributed by atoms with Crippen molar-refractivity contribution < 1.29 is 9.59 Å². The second-order valence-electron chi connectivity index (χ2n) is 7.45. The molecule has 0 saturated carbocycles. The molecule has 0 amide bonds. The highest BCUT2D eigenvalue weighted by atomic mass is 16.1. The van der Waals surface area contributed by atoms with E-state index in [0.29, 0.717) is 28.2 Å². The summed E-state index contributed by atoms with van der Waals surface area (Å²) in [5.41, 5.74) is 4.69. The quantitative estimate of drug-likeness (QED) is 0.549. The maximum Gasteiger partial charge on any atom is 0.193 e. The van der Waals surface area contributed by atoms with Crippen molar-refractivity contribution in [1.82, 2.24) is 0 Å². The van der Waals surface area contributed by atoms with Gasteiger partial charge >= 0.3 is 0 Å². The lowest BCUT2D eigenvalue weighted by atomic mass is 9.96. The molecule has 0 unspecified atom stereocenters. The van der Waals surface area contributed by atoms with E-state index in [-0.39, 0.29) is 11.6 Å². The van der Waals surface area contributed by atoms with Crippen LogP contribution in [0.15, 0.2) is 72.8 Å². The summed E-state index contributed by atoms with van der Waals surface area (Å²) in [4.78, 5) is 27.4. The number of hydrogen-bond acceptors (Lipinski definition) is 3. The maximum atomic E-state index is 12.7. The van der Waals surface area contributed by atoms with Gasteiger partial charge in [-0.1, -0.05) is 62.4 Å². The molecule has 0 aliphatic rings. The third kappa shape index (κ3) is 4.20. The van der Waals surface area contributed by atoms with E-state index in [4.69, 9.17) is 0 Å². The Morgan fingerprint density at radius 3 is 1.25 bits per heavy atom. The predicted molar refractivity (Wildman–Crippen MR) is 115 cm³/mol. The van der Waals surface area contributed by atoms with Crippen LogP contribution >= 0.6 is 0 Å². The van der Waals surface area contributed by atoms with Crippen molar-refractivity contribution in [1.29, 1.82) is 0 Å². The monoisotopic (exact) mass is 371 g/mol. The molecule has 0 bridgehead atoms.